The van der Waals surface area contributed by atoms with Crippen LogP contribution in [0.5, 0.6) is 0 Å². The average Bonchev–Trinajstić information content (AvgIpc) is 2.79. The van der Waals surface area contributed by atoms with Crippen LogP contribution in [0.25, 0.3) is 5.70 Å². The van der Waals surface area contributed by atoms with Gasteiger partial charge in [-0.1, -0.05) is 48.9 Å². The summed E-state index contributed by atoms with van der Waals surface area (Å²) in [5.74, 6) is 0.906. The van der Waals surface area contributed by atoms with Crippen LogP contribution in [-0.2, 0) is 6.42 Å². The van der Waals surface area contributed by atoms with Crippen molar-refractivity contribution >= 4 is 34.7 Å². The molecule has 0 N–H and O–H groups in total. The Balaban J connectivity index is 1.81. The van der Waals surface area contributed by atoms with Crippen LogP contribution in [0.1, 0.15) is 38.3 Å². The summed E-state index contributed by atoms with van der Waals surface area (Å²) in [6, 6.07) is 16.5. The van der Waals surface area contributed by atoms with E-state index >= 15 is 0 Å². The minimum Gasteiger partial charge on any atom is -0.338 e. The molecule has 0 unspecified atom stereocenters. The number of benzene rings is 2. The maximum absolute atomic E-state index is 6.41. The lowest BCUT2D eigenvalue weighted by Crippen LogP contribution is -2.52. The molecule has 0 amide bonds. The predicted molar refractivity (Wildman–Crippen MR) is 136 cm³/mol. The molecule has 1 saturated heterocycles. The molecular weight excluding hydrogens is 418 g/mol. The Morgan fingerprint density at radius 2 is 1.75 bits per heavy atom. The number of aliphatic imine (C=N–C) groups is 1. The van der Waals surface area contributed by atoms with Crippen LogP contribution in [0.2, 0.25) is 5.02 Å². The van der Waals surface area contributed by atoms with Gasteiger partial charge in [0.1, 0.15) is 0 Å². The first kappa shape index (κ1) is 22.6. The number of likely N-dealkylation sites (N-methyl/N-ethyl adjacent to an activating group) is 1. The number of rotatable bonds is 4. The molecule has 0 radical (unpaired) electrons. The van der Waals surface area contributed by atoms with E-state index in [4.69, 9.17) is 21.7 Å². The SMILES string of the molecule is CCC(C)=C1c2cc(Cl)ccc2N=C(N2CCN(C)CC2)N1N=C(C)Cc1ccccc1. The maximum Gasteiger partial charge on any atom is 0.227 e. The van der Waals surface area contributed by atoms with E-state index in [-0.39, 0.29) is 0 Å². The molecule has 0 aromatic heterocycles. The first-order valence-corrected chi connectivity index (χ1v) is 11.7. The molecule has 0 atom stereocenters. The number of hydrazone groups is 1. The molecule has 0 saturated carbocycles. The summed E-state index contributed by atoms with van der Waals surface area (Å²) in [6.45, 7) is 10.4. The second-order valence-corrected chi connectivity index (χ2v) is 9.09. The fourth-order valence-electron chi connectivity index (χ4n) is 4.15. The number of allylic oxidation sites excluding steroid dienone is 1. The molecule has 2 heterocycles. The lowest BCUT2D eigenvalue weighted by atomic mass is 10.0. The zero-order chi connectivity index (χ0) is 22.7. The number of fused-ring (bicyclic) bond motifs is 1. The van der Waals surface area contributed by atoms with Gasteiger partial charge in [0.2, 0.25) is 5.96 Å². The number of guanidine groups is 1. The van der Waals surface area contributed by atoms with Crippen molar-refractivity contribution in [2.75, 3.05) is 33.2 Å². The Hall–Kier alpha value is -2.63. The summed E-state index contributed by atoms with van der Waals surface area (Å²) in [7, 11) is 2.17. The molecule has 5 nitrogen and oxygen atoms in total. The van der Waals surface area contributed by atoms with E-state index < -0.39 is 0 Å². The molecule has 4 rings (SSSR count). The highest BCUT2D eigenvalue weighted by molar-refractivity contribution is 6.31. The van der Waals surface area contributed by atoms with Crippen LogP contribution in [-0.4, -0.2) is 59.7 Å². The summed E-state index contributed by atoms with van der Waals surface area (Å²) in [5.41, 5.74) is 6.67. The van der Waals surface area contributed by atoms with Gasteiger partial charge >= 0.3 is 0 Å². The smallest absolute Gasteiger partial charge is 0.227 e. The highest BCUT2D eigenvalue weighted by Gasteiger charge is 2.31. The first-order valence-electron chi connectivity index (χ1n) is 11.4. The van der Waals surface area contributed by atoms with Crippen molar-refractivity contribution in [3.05, 3.63) is 70.3 Å². The highest BCUT2D eigenvalue weighted by Crippen LogP contribution is 2.39. The van der Waals surface area contributed by atoms with Gasteiger partial charge < -0.3 is 9.80 Å². The number of halogens is 1. The Labute approximate surface area is 196 Å². The van der Waals surface area contributed by atoms with Crippen LogP contribution < -0.4 is 0 Å². The molecule has 2 aromatic carbocycles. The molecule has 6 heteroatoms. The van der Waals surface area contributed by atoms with E-state index in [9.17, 15) is 0 Å². The van der Waals surface area contributed by atoms with Gasteiger partial charge in [0.25, 0.3) is 0 Å². The van der Waals surface area contributed by atoms with E-state index in [2.05, 4.69) is 66.9 Å². The van der Waals surface area contributed by atoms with Crippen molar-refractivity contribution in [1.29, 1.82) is 0 Å². The van der Waals surface area contributed by atoms with Gasteiger partial charge in [-0.2, -0.15) is 10.1 Å². The molecule has 1 fully saturated rings. The molecule has 2 aliphatic heterocycles. The summed E-state index contributed by atoms with van der Waals surface area (Å²) in [6.07, 6.45) is 1.73. The van der Waals surface area contributed by atoms with Crippen LogP contribution in [0.3, 0.4) is 0 Å². The minimum absolute atomic E-state index is 0.716. The Morgan fingerprint density at radius 3 is 2.44 bits per heavy atom. The van der Waals surface area contributed by atoms with Crippen molar-refractivity contribution in [3.63, 3.8) is 0 Å². The third kappa shape index (κ3) is 4.89. The predicted octanol–water partition coefficient (Wildman–Crippen LogP) is 5.65. The van der Waals surface area contributed by atoms with Gasteiger partial charge in [0.15, 0.2) is 0 Å². The molecule has 2 aliphatic rings. The fraction of sp³-hybridized carbons (Fsp3) is 0.385. The van der Waals surface area contributed by atoms with Gasteiger partial charge in [-0.3, -0.25) is 0 Å². The summed E-state index contributed by atoms with van der Waals surface area (Å²) in [4.78, 5) is 9.81. The molecule has 0 aliphatic carbocycles. The summed E-state index contributed by atoms with van der Waals surface area (Å²) >= 11 is 6.41. The summed E-state index contributed by atoms with van der Waals surface area (Å²) < 4.78 is 0. The lowest BCUT2D eigenvalue weighted by molar-refractivity contribution is 0.203. The maximum atomic E-state index is 6.41. The van der Waals surface area contributed by atoms with E-state index in [1.54, 1.807) is 0 Å². The van der Waals surface area contributed by atoms with Crippen molar-refractivity contribution < 1.29 is 0 Å². The van der Waals surface area contributed by atoms with E-state index in [1.807, 2.05) is 24.3 Å². The van der Waals surface area contributed by atoms with E-state index in [0.717, 1.165) is 67.6 Å². The quantitative estimate of drug-likeness (QED) is 0.565. The summed E-state index contributed by atoms with van der Waals surface area (Å²) in [5, 5.41) is 7.94. The van der Waals surface area contributed by atoms with Crippen molar-refractivity contribution in [3.8, 4) is 0 Å². The van der Waals surface area contributed by atoms with Gasteiger partial charge in [0, 0.05) is 48.9 Å². The standard InChI is InChI=1S/C26H32ClN5/c1-5-19(2)25-23-18-22(27)11-12-24(23)28-26(31-15-13-30(4)14-16-31)32(25)29-20(3)17-21-9-7-6-8-10-21/h6-12,18H,5,13-17H2,1-4H3. The Kier molecular flexibility index (Phi) is 6.97. The Morgan fingerprint density at radius 1 is 1.03 bits per heavy atom. The van der Waals surface area contributed by atoms with Crippen molar-refractivity contribution in [2.24, 2.45) is 10.1 Å². The minimum atomic E-state index is 0.716. The highest BCUT2D eigenvalue weighted by atomic mass is 35.5. The van der Waals surface area contributed by atoms with Crippen molar-refractivity contribution in [1.82, 2.24) is 14.8 Å². The van der Waals surface area contributed by atoms with E-state index in [0.29, 0.717) is 5.02 Å². The van der Waals surface area contributed by atoms with Gasteiger partial charge in [-0.25, -0.2) is 4.99 Å². The topological polar surface area (TPSA) is 34.4 Å². The third-order valence-corrected chi connectivity index (χ3v) is 6.36. The Bertz CT molecular complexity index is 1050. The molecule has 0 bridgehead atoms. The largest absolute Gasteiger partial charge is 0.338 e. The molecule has 2 aromatic rings. The number of hydrogen-bond acceptors (Lipinski definition) is 5. The van der Waals surface area contributed by atoms with Gasteiger partial charge in [-0.05, 0) is 56.7 Å². The zero-order valence-electron chi connectivity index (χ0n) is 19.5. The molecule has 32 heavy (non-hydrogen) atoms. The first-order chi connectivity index (χ1) is 15.5. The molecular formula is C26H32ClN5. The zero-order valence-corrected chi connectivity index (χ0v) is 20.2. The second-order valence-electron chi connectivity index (χ2n) is 8.66. The number of piperazine rings is 1. The average molecular weight is 450 g/mol. The monoisotopic (exact) mass is 449 g/mol. The van der Waals surface area contributed by atoms with Crippen LogP contribution in [0.15, 0.2) is 64.2 Å². The van der Waals surface area contributed by atoms with Crippen LogP contribution in [0.4, 0.5) is 5.69 Å². The van der Waals surface area contributed by atoms with Gasteiger partial charge in [-0.15, -0.1) is 0 Å². The van der Waals surface area contributed by atoms with Crippen LogP contribution in [0, 0.1) is 0 Å². The molecule has 168 valence electrons. The second kappa shape index (κ2) is 9.88. The number of nitrogens with zero attached hydrogens (tertiary/aromatic N) is 5. The molecule has 0 spiro atoms. The van der Waals surface area contributed by atoms with Gasteiger partial charge in [0.05, 0.1) is 11.4 Å². The normalized spacial score (nSPS) is 19.0. The fourth-order valence-corrected chi connectivity index (χ4v) is 4.32. The van der Waals surface area contributed by atoms with E-state index in [1.165, 1.54) is 11.1 Å². The third-order valence-electron chi connectivity index (χ3n) is 6.13. The van der Waals surface area contributed by atoms with Crippen molar-refractivity contribution in [2.45, 2.75) is 33.6 Å². The number of hydrogen-bond donors (Lipinski definition) is 0. The lowest BCUT2D eigenvalue weighted by Gasteiger charge is -2.40. The van der Waals surface area contributed by atoms with Crippen LogP contribution >= 0.6 is 11.6 Å².